The van der Waals surface area contributed by atoms with Gasteiger partial charge in [-0.25, -0.2) is 14.2 Å². The summed E-state index contributed by atoms with van der Waals surface area (Å²) < 4.78 is 59.6. The highest BCUT2D eigenvalue weighted by atomic mass is 35.5. The molecule has 11 heteroatoms. The van der Waals surface area contributed by atoms with E-state index in [2.05, 4.69) is 10.3 Å². The highest BCUT2D eigenvalue weighted by Crippen LogP contribution is 2.32. The van der Waals surface area contributed by atoms with Crippen LogP contribution in [0.15, 0.2) is 36.7 Å². The number of ether oxygens (including phenoxy) is 1. The maximum absolute atomic E-state index is 13.9. The van der Waals surface area contributed by atoms with Gasteiger partial charge in [-0.3, -0.25) is 5.32 Å². The Kier molecular flexibility index (Phi) is 6.90. The number of nitrogens with zero attached hydrogens (tertiary/aromatic N) is 2. The van der Waals surface area contributed by atoms with E-state index < -0.39 is 23.7 Å². The van der Waals surface area contributed by atoms with E-state index in [1.54, 1.807) is 12.3 Å². The predicted molar refractivity (Wildman–Crippen MR) is 110 cm³/mol. The van der Waals surface area contributed by atoms with Crippen molar-refractivity contribution < 1.29 is 27.1 Å². The number of hydrogen-bond donors (Lipinski definition) is 1. The fraction of sp³-hybridized carbons (Fsp3) is 0.300. The molecular weight excluding hydrogens is 458 g/mol. The van der Waals surface area contributed by atoms with Crippen LogP contribution in [0.5, 0.6) is 5.88 Å². The van der Waals surface area contributed by atoms with Gasteiger partial charge in [0.15, 0.2) is 5.13 Å². The van der Waals surface area contributed by atoms with E-state index in [-0.39, 0.29) is 23.1 Å². The predicted octanol–water partition coefficient (Wildman–Crippen LogP) is 6.61. The Balaban J connectivity index is 1.82. The van der Waals surface area contributed by atoms with Crippen LogP contribution >= 0.6 is 22.9 Å². The van der Waals surface area contributed by atoms with Crippen LogP contribution in [0.2, 0.25) is 4.34 Å². The van der Waals surface area contributed by atoms with Crippen LogP contribution in [0, 0.1) is 11.7 Å². The van der Waals surface area contributed by atoms with E-state index in [9.17, 15) is 22.4 Å². The summed E-state index contributed by atoms with van der Waals surface area (Å²) in [7, 11) is 0. The molecule has 31 heavy (non-hydrogen) atoms. The number of nitrogens with one attached hydrogen (secondary N) is 1. The Morgan fingerprint density at radius 3 is 2.61 bits per heavy atom. The number of benzene rings is 1. The van der Waals surface area contributed by atoms with Gasteiger partial charge >= 0.3 is 12.3 Å². The lowest BCUT2D eigenvalue weighted by Crippen LogP contribution is -2.18. The number of hydrogen-bond acceptors (Lipinski definition) is 4. The van der Waals surface area contributed by atoms with Crippen LogP contribution in [-0.2, 0) is 19.1 Å². The molecule has 0 saturated carbocycles. The quantitative estimate of drug-likeness (QED) is 0.408. The van der Waals surface area contributed by atoms with Gasteiger partial charge in [0.2, 0.25) is 5.88 Å². The van der Waals surface area contributed by atoms with E-state index in [4.69, 9.17) is 16.3 Å². The Morgan fingerprint density at radius 2 is 2.03 bits per heavy atom. The molecule has 0 saturated heterocycles. The number of halogens is 5. The van der Waals surface area contributed by atoms with Crippen LogP contribution < -0.4 is 10.1 Å². The molecular formula is C20H18ClF4N3O2S. The van der Waals surface area contributed by atoms with Gasteiger partial charge in [-0.05, 0) is 35.6 Å². The zero-order chi connectivity index (χ0) is 22.8. The first-order valence-corrected chi connectivity index (χ1v) is 10.4. The summed E-state index contributed by atoms with van der Waals surface area (Å²) in [6.45, 7) is 4.04. The molecule has 2 heterocycles. The van der Waals surface area contributed by atoms with Crippen molar-refractivity contribution in [2.75, 3.05) is 5.32 Å². The molecule has 5 nitrogen and oxygen atoms in total. The molecule has 0 aliphatic rings. The third kappa shape index (κ3) is 6.20. The number of aromatic nitrogens is 2. The van der Waals surface area contributed by atoms with Gasteiger partial charge in [-0.1, -0.05) is 42.9 Å². The van der Waals surface area contributed by atoms with Crippen LogP contribution in [0.3, 0.4) is 0 Å². The van der Waals surface area contributed by atoms with Gasteiger partial charge in [0, 0.05) is 12.3 Å². The fourth-order valence-corrected chi connectivity index (χ4v) is 3.74. The summed E-state index contributed by atoms with van der Waals surface area (Å²) in [6.07, 6.45) is -1.79. The van der Waals surface area contributed by atoms with E-state index in [0.717, 1.165) is 23.0 Å². The van der Waals surface area contributed by atoms with Crippen molar-refractivity contribution in [1.82, 2.24) is 9.55 Å². The van der Waals surface area contributed by atoms with Crippen molar-refractivity contribution in [3.05, 3.63) is 63.5 Å². The molecule has 0 fully saturated rings. The molecule has 2 aromatic heterocycles. The number of thiazole rings is 1. The normalized spacial score (nSPS) is 11.7. The lowest BCUT2D eigenvalue weighted by Gasteiger charge is -2.12. The van der Waals surface area contributed by atoms with Crippen molar-refractivity contribution in [3.8, 4) is 5.88 Å². The van der Waals surface area contributed by atoms with E-state index in [1.807, 2.05) is 13.8 Å². The molecule has 3 rings (SSSR count). The molecule has 3 aromatic rings. The summed E-state index contributed by atoms with van der Waals surface area (Å²) in [4.78, 5) is 16.1. The number of carbonyl (C=O) groups excluding carboxylic acids is 1. The molecule has 0 bridgehead atoms. The molecule has 1 N–H and O–H groups in total. The van der Waals surface area contributed by atoms with Gasteiger partial charge < -0.3 is 9.30 Å². The maximum Gasteiger partial charge on any atom is 0.420 e. The zero-order valence-corrected chi connectivity index (χ0v) is 18.0. The van der Waals surface area contributed by atoms with Crippen molar-refractivity contribution >= 4 is 34.2 Å². The second kappa shape index (κ2) is 9.27. The molecule has 0 aliphatic heterocycles. The van der Waals surface area contributed by atoms with Crippen LogP contribution in [0.4, 0.5) is 27.5 Å². The molecule has 0 radical (unpaired) electrons. The molecule has 0 atom stereocenters. The second-order valence-corrected chi connectivity index (χ2v) is 8.87. The van der Waals surface area contributed by atoms with Crippen LogP contribution in [-0.4, -0.2) is 15.6 Å². The Morgan fingerprint density at radius 1 is 1.29 bits per heavy atom. The summed E-state index contributed by atoms with van der Waals surface area (Å²) in [5.74, 6) is -0.880. The van der Waals surface area contributed by atoms with Crippen molar-refractivity contribution in [1.29, 1.82) is 0 Å². The Hall–Kier alpha value is -2.59. The van der Waals surface area contributed by atoms with Gasteiger partial charge in [0.1, 0.15) is 10.2 Å². The zero-order valence-electron chi connectivity index (χ0n) is 16.5. The van der Waals surface area contributed by atoms with E-state index in [1.165, 1.54) is 16.8 Å². The molecule has 0 unspecified atom stereocenters. The van der Waals surface area contributed by atoms with Gasteiger partial charge in [0.05, 0.1) is 18.3 Å². The smallest absolute Gasteiger partial charge is 0.393 e. The molecule has 0 spiro atoms. The Bertz CT molecular complexity index is 1080. The minimum Gasteiger partial charge on any atom is -0.393 e. The minimum atomic E-state index is -4.77. The Labute approximate surface area is 184 Å². The molecule has 0 aliphatic carbocycles. The third-order valence-corrected chi connectivity index (χ3v) is 5.16. The summed E-state index contributed by atoms with van der Waals surface area (Å²) in [6, 6.07) is 4.37. The minimum absolute atomic E-state index is 0.0127. The standard InChI is InChI=1S/C20H18ClF4N3O2S/c1-11(2)5-13-7-17(30-19(29)27-18-26-8-16(21)31-18)28(10-13)9-12-3-4-14(15(22)6-12)20(23,24)25/h3-4,6-8,10-11H,5,9H2,1-2H3,(H,26,27,29). The molecule has 1 amide bonds. The fourth-order valence-electron chi connectivity index (χ4n) is 2.94. The third-order valence-electron chi connectivity index (χ3n) is 4.13. The SMILES string of the molecule is CC(C)Cc1cc(OC(=O)Nc2ncc(Cl)s2)n(Cc2ccc(C(F)(F)F)c(F)c2)c1. The summed E-state index contributed by atoms with van der Waals surface area (Å²) in [5.41, 5.74) is -0.182. The summed E-state index contributed by atoms with van der Waals surface area (Å²) >= 11 is 6.84. The van der Waals surface area contributed by atoms with E-state index >= 15 is 0 Å². The highest BCUT2D eigenvalue weighted by molar-refractivity contribution is 7.19. The number of anilines is 1. The lowest BCUT2D eigenvalue weighted by atomic mass is 10.1. The maximum atomic E-state index is 13.9. The van der Waals surface area contributed by atoms with Crippen molar-refractivity contribution in [2.24, 2.45) is 5.92 Å². The first-order valence-electron chi connectivity index (χ1n) is 9.16. The van der Waals surface area contributed by atoms with Crippen LogP contribution in [0.1, 0.15) is 30.5 Å². The van der Waals surface area contributed by atoms with Gasteiger partial charge in [-0.2, -0.15) is 13.2 Å². The van der Waals surface area contributed by atoms with Crippen LogP contribution in [0.25, 0.3) is 0 Å². The highest BCUT2D eigenvalue weighted by Gasteiger charge is 2.33. The second-order valence-electron chi connectivity index (χ2n) is 7.21. The first-order chi connectivity index (χ1) is 14.5. The number of amides is 1. The van der Waals surface area contributed by atoms with Crippen molar-refractivity contribution in [3.63, 3.8) is 0 Å². The average molecular weight is 476 g/mol. The van der Waals surface area contributed by atoms with Gasteiger partial charge in [-0.15, -0.1) is 0 Å². The number of carbonyl (C=O) groups is 1. The van der Waals surface area contributed by atoms with E-state index in [0.29, 0.717) is 22.7 Å². The summed E-state index contributed by atoms with van der Waals surface area (Å²) in [5, 5.41) is 2.70. The lowest BCUT2D eigenvalue weighted by molar-refractivity contribution is -0.140. The largest absolute Gasteiger partial charge is 0.420 e. The average Bonchev–Trinajstić information content (AvgIpc) is 3.19. The van der Waals surface area contributed by atoms with Gasteiger partial charge in [0.25, 0.3) is 0 Å². The molecule has 166 valence electrons. The topological polar surface area (TPSA) is 56.1 Å². The van der Waals surface area contributed by atoms with Crippen molar-refractivity contribution in [2.45, 2.75) is 33.0 Å². The number of alkyl halides is 3. The monoisotopic (exact) mass is 475 g/mol. The number of rotatable bonds is 6. The molecule has 1 aromatic carbocycles. The first kappa shape index (κ1) is 23.1.